The standard InChI is InChI=1S/C10H13N3O2S/c11-10(14)8-2-1-3-9(12-8)13-4-6-16(15)7-5-13/h1-3H,4-7H2,(H2,11,14). The van der Waals surface area contributed by atoms with Crippen molar-refractivity contribution in [2.24, 2.45) is 5.73 Å². The highest BCUT2D eigenvalue weighted by molar-refractivity contribution is 7.85. The zero-order chi connectivity index (χ0) is 11.5. The molecule has 16 heavy (non-hydrogen) atoms. The Balaban J connectivity index is 2.17. The Bertz CT molecular complexity index is 426. The van der Waals surface area contributed by atoms with Crippen LogP contribution >= 0.6 is 0 Å². The number of pyridine rings is 1. The van der Waals surface area contributed by atoms with E-state index < -0.39 is 16.7 Å². The molecule has 1 saturated heterocycles. The molecule has 0 saturated carbocycles. The van der Waals surface area contributed by atoms with Gasteiger partial charge in [0.05, 0.1) is 0 Å². The Morgan fingerprint density at radius 3 is 2.69 bits per heavy atom. The number of rotatable bonds is 2. The third kappa shape index (κ3) is 2.38. The van der Waals surface area contributed by atoms with E-state index in [0.29, 0.717) is 24.6 Å². The number of hydrogen-bond donors (Lipinski definition) is 1. The van der Waals surface area contributed by atoms with Crippen molar-refractivity contribution in [1.29, 1.82) is 0 Å². The maximum Gasteiger partial charge on any atom is 0.267 e. The summed E-state index contributed by atoms with van der Waals surface area (Å²) in [5, 5.41) is 0. The Kier molecular flexibility index (Phi) is 3.19. The van der Waals surface area contributed by atoms with Crippen molar-refractivity contribution in [2.75, 3.05) is 29.5 Å². The number of amides is 1. The first-order valence-electron chi connectivity index (χ1n) is 5.03. The minimum absolute atomic E-state index is 0.268. The van der Waals surface area contributed by atoms with Crippen molar-refractivity contribution in [3.63, 3.8) is 0 Å². The summed E-state index contributed by atoms with van der Waals surface area (Å²) in [4.78, 5) is 17.2. The summed E-state index contributed by atoms with van der Waals surface area (Å²) in [6, 6.07) is 5.18. The van der Waals surface area contributed by atoms with Gasteiger partial charge in [-0.1, -0.05) is 6.07 Å². The molecule has 0 bridgehead atoms. The third-order valence-corrected chi connectivity index (χ3v) is 3.76. The molecular formula is C10H13N3O2S. The lowest BCUT2D eigenvalue weighted by Gasteiger charge is -2.27. The van der Waals surface area contributed by atoms with E-state index >= 15 is 0 Å². The van der Waals surface area contributed by atoms with Gasteiger partial charge in [-0.05, 0) is 12.1 Å². The Morgan fingerprint density at radius 2 is 2.06 bits per heavy atom. The number of anilines is 1. The number of carbonyl (C=O) groups excluding carboxylic acids is 1. The Morgan fingerprint density at radius 1 is 1.38 bits per heavy atom. The molecule has 1 aliphatic rings. The molecule has 1 fully saturated rings. The van der Waals surface area contributed by atoms with Gasteiger partial charge in [-0.3, -0.25) is 9.00 Å². The van der Waals surface area contributed by atoms with E-state index in [4.69, 9.17) is 5.73 Å². The van der Waals surface area contributed by atoms with Gasteiger partial charge < -0.3 is 10.6 Å². The van der Waals surface area contributed by atoms with Crippen molar-refractivity contribution in [2.45, 2.75) is 0 Å². The highest BCUT2D eigenvalue weighted by Gasteiger charge is 2.17. The monoisotopic (exact) mass is 239 g/mol. The maximum atomic E-state index is 11.2. The number of hydrogen-bond acceptors (Lipinski definition) is 4. The molecule has 2 rings (SSSR count). The van der Waals surface area contributed by atoms with Crippen LogP contribution in [0.1, 0.15) is 10.5 Å². The summed E-state index contributed by atoms with van der Waals surface area (Å²) in [7, 11) is -0.710. The van der Waals surface area contributed by atoms with Crippen LogP contribution < -0.4 is 10.6 Å². The normalized spacial score (nSPS) is 17.4. The topological polar surface area (TPSA) is 76.3 Å². The fraction of sp³-hybridized carbons (Fsp3) is 0.400. The van der Waals surface area contributed by atoms with Crippen LogP contribution in [-0.4, -0.2) is 39.7 Å². The number of carbonyl (C=O) groups is 1. The average Bonchev–Trinajstić information content (AvgIpc) is 2.30. The Hall–Kier alpha value is -1.43. The van der Waals surface area contributed by atoms with Crippen LogP contribution in [0.4, 0.5) is 5.82 Å². The molecule has 0 unspecified atom stereocenters. The van der Waals surface area contributed by atoms with E-state index in [-0.39, 0.29) is 5.69 Å². The van der Waals surface area contributed by atoms with Crippen LogP contribution in [0.3, 0.4) is 0 Å². The molecule has 0 aromatic carbocycles. The molecule has 0 spiro atoms. The highest BCUT2D eigenvalue weighted by Crippen LogP contribution is 2.13. The van der Waals surface area contributed by atoms with E-state index in [9.17, 15) is 9.00 Å². The predicted octanol–water partition coefficient (Wildman–Crippen LogP) is -0.251. The van der Waals surface area contributed by atoms with Crippen molar-refractivity contribution in [3.8, 4) is 0 Å². The molecule has 0 radical (unpaired) electrons. The van der Waals surface area contributed by atoms with Crippen LogP contribution in [0.5, 0.6) is 0 Å². The molecule has 0 aliphatic carbocycles. The van der Waals surface area contributed by atoms with Crippen molar-refractivity contribution >= 4 is 22.5 Å². The van der Waals surface area contributed by atoms with Gasteiger partial charge in [0.25, 0.3) is 5.91 Å². The maximum absolute atomic E-state index is 11.2. The molecule has 0 atom stereocenters. The summed E-state index contributed by atoms with van der Waals surface area (Å²) >= 11 is 0. The molecule has 1 aromatic rings. The lowest BCUT2D eigenvalue weighted by Crippen LogP contribution is -2.38. The second kappa shape index (κ2) is 4.61. The van der Waals surface area contributed by atoms with Gasteiger partial charge in [0, 0.05) is 35.4 Å². The molecule has 6 heteroatoms. The lowest BCUT2D eigenvalue weighted by molar-refractivity contribution is 0.0995. The molecule has 1 aromatic heterocycles. The fourth-order valence-electron chi connectivity index (χ4n) is 1.60. The second-order valence-corrected chi connectivity index (χ2v) is 5.28. The summed E-state index contributed by atoms with van der Waals surface area (Å²) in [6.07, 6.45) is 0. The quantitative estimate of drug-likeness (QED) is 0.772. The first kappa shape index (κ1) is 11.1. The smallest absolute Gasteiger partial charge is 0.267 e. The van der Waals surface area contributed by atoms with Crippen molar-refractivity contribution in [1.82, 2.24) is 4.98 Å². The Labute approximate surface area is 96.1 Å². The first-order chi connectivity index (χ1) is 7.66. The summed E-state index contributed by atoms with van der Waals surface area (Å²) in [5.41, 5.74) is 5.43. The molecule has 86 valence electrons. The van der Waals surface area contributed by atoms with E-state index in [0.717, 1.165) is 5.82 Å². The molecule has 1 amide bonds. The lowest BCUT2D eigenvalue weighted by atomic mass is 10.3. The minimum Gasteiger partial charge on any atom is -0.364 e. The summed E-state index contributed by atoms with van der Waals surface area (Å²) in [5.74, 6) is 1.51. The summed E-state index contributed by atoms with van der Waals surface area (Å²) in [6.45, 7) is 1.42. The van der Waals surface area contributed by atoms with E-state index in [1.165, 1.54) is 0 Å². The van der Waals surface area contributed by atoms with E-state index in [1.807, 2.05) is 11.0 Å². The van der Waals surface area contributed by atoms with Gasteiger partial charge in [-0.2, -0.15) is 0 Å². The van der Waals surface area contributed by atoms with Gasteiger partial charge >= 0.3 is 0 Å². The van der Waals surface area contributed by atoms with Gasteiger partial charge in [-0.25, -0.2) is 4.98 Å². The average molecular weight is 239 g/mol. The van der Waals surface area contributed by atoms with Gasteiger partial charge in [0.15, 0.2) is 0 Å². The number of aromatic nitrogens is 1. The van der Waals surface area contributed by atoms with Crippen LogP contribution in [0.25, 0.3) is 0 Å². The van der Waals surface area contributed by atoms with Crippen LogP contribution in [-0.2, 0) is 10.8 Å². The van der Waals surface area contributed by atoms with Crippen LogP contribution in [0.15, 0.2) is 18.2 Å². The van der Waals surface area contributed by atoms with Gasteiger partial charge in [0.2, 0.25) is 0 Å². The zero-order valence-electron chi connectivity index (χ0n) is 8.76. The molecule has 5 nitrogen and oxygen atoms in total. The second-order valence-electron chi connectivity index (χ2n) is 3.58. The van der Waals surface area contributed by atoms with Crippen molar-refractivity contribution in [3.05, 3.63) is 23.9 Å². The van der Waals surface area contributed by atoms with Crippen molar-refractivity contribution < 1.29 is 9.00 Å². The SMILES string of the molecule is NC(=O)c1cccc(N2CCS(=O)CC2)n1. The van der Waals surface area contributed by atoms with E-state index in [1.54, 1.807) is 12.1 Å². The molecule has 2 N–H and O–H groups in total. The largest absolute Gasteiger partial charge is 0.364 e. The molecule has 2 heterocycles. The van der Waals surface area contributed by atoms with Crippen LogP contribution in [0, 0.1) is 0 Å². The predicted molar refractivity (Wildman–Crippen MR) is 62.8 cm³/mol. The van der Waals surface area contributed by atoms with E-state index in [2.05, 4.69) is 4.98 Å². The van der Waals surface area contributed by atoms with Crippen LogP contribution in [0.2, 0.25) is 0 Å². The van der Waals surface area contributed by atoms with Gasteiger partial charge in [-0.15, -0.1) is 0 Å². The summed E-state index contributed by atoms with van der Waals surface area (Å²) < 4.78 is 11.2. The number of nitrogens with two attached hydrogens (primary N) is 1. The zero-order valence-corrected chi connectivity index (χ0v) is 9.57. The third-order valence-electron chi connectivity index (χ3n) is 2.49. The fourth-order valence-corrected chi connectivity index (χ4v) is 2.66. The number of nitrogens with zero attached hydrogens (tertiary/aromatic N) is 2. The molecular weight excluding hydrogens is 226 g/mol. The minimum atomic E-state index is -0.710. The highest BCUT2D eigenvalue weighted by atomic mass is 32.2. The number of primary amides is 1. The first-order valence-corrected chi connectivity index (χ1v) is 6.52. The van der Waals surface area contributed by atoms with Gasteiger partial charge in [0.1, 0.15) is 11.5 Å². The molecule has 1 aliphatic heterocycles.